The predicted molar refractivity (Wildman–Crippen MR) is 66.5 cm³/mol. The van der Waals surface area contributed by atoms with Crippen molar-refractivity contribution in [2.45, 2.75) is 6.42 Å². The van der Waals surface area contributed by atoms with Gasteiger partial charge in [-0.1, -0.05) is 12.1 Å². The van der Waals surface area contributed by atoms with E-state index in [1.165, 1.54) is 18.2 Å². The van der Waals surface area contributed by atoms with Crippen LogP contribution in [0.15, 0.2) is 24.3 Å². The van der Waals surface area contributed by atoms with E-state index in [9.17, 15) is 18.8 Å². The standard InChI is InChI=1S/C12H14FN3O3/c13-9-4-1-2-5-10(9)15-11(18)12(19)16(8-17)7-3-6-14/h1-2,4-5,8H,3,6-7,14H2,(H,15,18). The quantitative estimate of drug-likeness (QED) is 0.584. The molecule has 1 aromatic rings. The van der Waals surface area contributed by atoms with Crippen LogP contribution in [0.5, 0.6) is 0 Å². The number of nitrogens with zero attached hydrogens (tertiary/aromatic N) is 1. The fourth-order valence-electron chi connectivity index (χ4n) is 1.33. The zero-order valence-corrected chi connectivity index (χ0v) is 10.1. The number of nitrogens with one attached hydrogen (secondary N) is 1. The van der Waals surface area contributed by atoms with Gasteiger partial charge in [-0.25, -0.2) is 4.39 Å². The van der Waals surface area contributed by atoms with Crippen LogP contribution < -0.4 is 11.1 Å². The van der Waals surface area contributed by atoms with Gasteiger partial charge in [0.15, 0.2) is 0 Å². The number of carbonyl (C=O) groups is 3. The zero-order chi connectivity index (χ0) is 14.3. The summed E-state index contributed by atoms with van der Waals surface area (Å²) in [6, 6.07) is 5.42. The lowest BCUT2D eigenvalue weighted by Crippen LogP contribution is -2.40. The van der Waals surface area contributed by atoms with E-state index in [1.807, 2.05) is 0 Å². The van der Waals surface area contributed by atoms with E-state index in [-0.39, 0.29) is 25.2 Å². The molecule has 0 aromatic heterocycles. The van der Waals surface area contributed by atoms with E-state index in [0.29, 0.717) is 11.3 Å². The highest BCUT2D eigenvalue weighted by molar-refractivity contribution is 6.41. The van der Waals surface area contributed by atoms with Crippen molar-refractivity contribution in [1.82, 2.24) is 4.90 Å². The lowest BCUT2D eigenvalue weighted by molar-refractivity contribution is -0.146. The van der Waals surface area contributed by atoms with Crippen molar-refractivity contribution in [3.63, 3.8) is 0 Å². The highest BCUT2D eigenvalue weighted by atomic mass is 19.1. The van der Waals surface area contributed by atoms with Gasteiger partial charge >= 0.3 is 11.8 Å². The molecule has 0 spiro atoms. The van der Waals surface area contributed by atoms with Crippen LogP contribution in [0.2, 0.25) is 0 Å². The number of anilines is 1. The van der Waals surface area contributed by atoms with Crippen molar-refractivity contribution in [3.8, 4) is 0 Å². The molecule has 102 valence electrons. The predicted octanol–water partition coefficient (Wildman–Crippen LogP) is 0.0980. The largest absolute Gasteiger partial charge is 0.330 e. The third kappa shape index (κ3) is 4.14. The van der Waals surface area contributed by atoms with E-state index in [4.69, 9.17) is 5.73 Å². The number of hydrogen-bond donors (Lipinski definition) is 2. The fraction of sp³-hybridized carbons (Fsp3) is 0.250. The highest BCUT2D eigenvalue weighted by Gasteiger charge is 2.21. The summed E-state index contributed by atoms with van der Waals surface area (Å²) in [5, 5.41) is 2.11. The number of hydrogen-bond acceptors (Lipinski definition) is 4. The van der Waals surface area contributed by atoms with Gasteiger partial charge in [-0.3, -0.25) is 19.3 Å². The monoisotopic (exact) mass is 267 g/mol. The van der Waals surface area contributed by atoms with Crippen LogP contribution in [-0.4, -0.2) is 36.2 Å². The normalized spacial score (nSPS) is 9.79. The molecule has 0 unspecified atom stereocenters. The van der Waals surface area contributed by atoms with Gasteiger partial charge in [0.2, 0.25) is 6.41 Å². The molecule has 0 atom stereocenters. The Morgan fingerprint density at radius 3 is 2.63 bits per heavy atom. The fourth-order valence-corrected chi connectivity index (χ4v) is 1.33. The molecule has 0 saturated carbocycles. The third-order valence-corrected chi connectivity index (χ3v) is 2.31. The molecular weight excluding hydrogens is 253 g/mol. The van der Waals surface area contributed by atoms with Crippen LogP contribution in [0.3, 0.4) is 0 Å². The van der Waals surface area contributed by atoms with Gasteiger partial charge in [0.1, 0.15) is 5.82 Å². The second-order valence-electron chi connectivity index (χ2n) is 3.68. The van der Waals surface area contributed by atoms with Gasteiger partial charge in [-0.15, -0.1) is 0 Å². The number of rotatable bonds is 5. The molecular formula is C12H14FN3O3. The van der Waals surface area contributed by atoms with Gasteiger partial charge in [0.25, 0.3) is 0 Å². The van der Waals surface area contributed by atoms with Crippen molar-refractivity contribution in [2.75, 3.05) is 18.4 Å². The maximum atomic E-state index is 13.3. The van der Waals surface area contributed by atoms with Crippen molar-refractivity contribution in [3.05, 3.63) is 30.1 Å². The smallest absolute Gasteiger partial charge is 0.318 e. The Labute approximate surface area is 109 Å². The van der Waals surface area contributed by atoms with Crippen LogP contribution >= 0.6 is 0 Å². The number of carbonyl (C=O) groups excluding carboxylic acids is 3. The van der Waals surface area contributed by atoms with E-state index in [1.54, 1.807) is 0 Å². The molecule has 0 aliphatic heterocycles. The van der Waals surface area contributed by atoms with Crippen LogP contribution in [0.4, 0.5) is 10.1 Å². The lowest BCUT2D eigenvalue weighted by atomic mass is 10.3. The number of para-hydroxylation sites is 1. The molecule has 0 saturated heterocycles. The minimum absolute atomic E-state index is 0.0452. The molecule has 0 bridgehead atoms. The van der Waals surface area contributed by atoms with Gasteiger partial charge in [0.05, 0.1) is 5.69 Å². The van der Waals surface area contributed by atoms with E-state index >= 15 is 0 Å². The van der Waals surface area contributed by atoms with E-state index in [0.717, 1.165) is 6.07 Å². The average Bonchev–Trinajstić information content (AvgIpc) is 2.42. The molecule has 6 nitrogen and oxygen atoms in total. The van der Waals surface area contributed by atoms with Crippen LogP contribution in [0.1, 0.15) is 6.42 Å². The number of benzene rings is 1. The molecule has 1 rings (SSSR count). The average molecular weight is 267 g/mol. The highest BCUT2D eigenvalue weighted by Crippen LogP contribution is 2.12. The van der Waals surface area contributed by atoms with Crippen molar-refractivity contribution in [1.29, 1.82) is 0 Å². The molecule has 0 radical (unpaired) electrons. The Kier molecular flexibility index (Phi) is 5.62. The van der Waals surface area contributed by atoms with Crippen molar-refractivity contribution < 1.29 is 18.8 Å². The minimum Gasteiger partial charge on any atom is -0.330 e. The Hall–Kier alpha value is -2.28. The van der Waals surface area contributed by atoms with Gasteiger partial charge in [-0.05, 0) is 25.1 Å². The molecule has 1 aromatic carbocycles. The molecule has 19 heavy (non-hydrogen) atoms. The van der Waals surface area contributed by atoms with E-state index in [2.05, 4.69) is 5.32 Å². The molecule has 3 amide bonds. The third-order valence-electron chi connectivity index (χ3n) is 2.31. The van der Waals surface area contributed by atoms with Crippen molar-refractivity contribution >= 4 is 23.9 Å². The summed E-state index contributed by atoms with van der Waals surface area (Å²) in [6.45, 7) is 0.329. The van der Waals surface area contributed by atoms with E-state index < -0.39 is 17.6 Å². The molecule has 3 N–H and O–H groups in total. The Morgan fingerprint density at radius 2 is 2.05 bits per heavy atom. The topological polar surface area (TPSA) is 92.5 Å². The van der Waals surface area contributed by atoms with Crippen LogP contribution in [-0.2, 0) is 14.4 Å². The molecule has 0 aliphatic carbocycles. The van der Waals surface area contributed by atoms with Gasteiger partial charge in [0, 0.05) is 6.54 Å². The molecule has 0 fully saturated rings. The number of halogens is 1. The molecule has 0 aliphatic rings. The SMILES string of the molecule is NCCCN(C=O)C(=O)C(=O)Nc1ccccc1F. The number of nitrogens with two attached hydrogens (primary N) is 1. The first-order valence-electron chi connectivity index (χ1n) is 5.62. The Morgan fingerprint density at radius 1 is 1.37 bits per heavy atom. The summed E-state index contributed by atoms with van der Waals surface area (Å²) in [4.78, 5) is 34.6. The van der Waals surface area contributed by atoms with Crippen molar-refractivity contribution in [2.24, 2.45) is 5.73 Å². The second kappa shape index (κ2) is 7.22. The Balaban J connectivity index is 2.69. The molecule has 7 heteroatoms. The first-order valence-corrected chi connectivity index (χ1v) is 5.62. The minimum atomic E-state index is -1.07. The number of imide groups is 1. The first-order chi connectivity index (χ1) is 9.10. The maximum Gasteiger partial charge on any atom is 0.318 e. The summed E-state index contributed by atoms with van der Waals surface area (Å²) in [5.41, 5.74) is 5.13. The Bertz CT molecular complexity index is 479. The maximum absolute atomic E-state index is 13.3. The summed E-state index contributed by atoms with van der Waals surface area (Å²) < 4.78 is 13.3. The van der Waals surface area contributed by atoms with Gasteiger partial charge < -0.3 is 11.1 Å². The zero-order valence-electron chi connectivity index (χ0n) is 10.1. The number of amides is 3. The second-order valence-corrected chi connectivity index (χ2v) is 3.68. The molecule has 0 heterocycles. The summed E-state index contributed by atoms with van der Waals surface area (Å²) >= 11 is 0. The first kappa shape index (κ1) is 14.8. The van der Waals surface area contributed by atoms with Gasteiger partial charge in [-0.2, -0.15) is 0 Å². The lowest BCUT2D eigenvalue weighted by Gasteiger charge is -2.14. The van der Waals surface area contributed by atoms with Crippen LogP contribution in [0, 0.1) is 5.82 Å². The summed E-state index contributed by atoms with van der Waals surface area (Å²) in [5.74, 6) is -2.79. The summed E-state index contributed by atoms with van der Waals surface area (Å²) in [7, 11) is 0. The van der Waals surface area contributed by atoms with Crippen LogP contribution in [0.25, 0.3) is 0 Å². The summed E-state index contributed by atoms with van der Waals surface area (Å²) in [6.07, 6.45) is 0.635.